The predicted octanol–water partition coefficient (Wildman–Crippen LogP) is 2.49. The number of nitrogen functional groups attached to an aromatic ring is 1. The van der Waals surface area contributed by atoms with Crippen LogP contribution < -0.4 is 10.5 Å². The van der Waals surface area contributed by atoms with E-state index in [2.05, 4.69) is 9.47 Å². The third-order valence-corrected chi connectivity index (χ3v) is 3.13. The van der Waals surface area contributed by atoms with E-state index in [-0.39, 0.29) is 28.2 Å². The molecule has 2 rings (SSSR count). The van der Waals surface area contributed by atoms with Crippen molar-refractivity contribution >= 4 is 11.7 Å². The molecule has 1 heterocycles. The van der Waals surface area contributed by atoms with Gasteiger partial charge >= 0.3 is 12.3 Å². The summed E-state index contributed by atoms with van der Waals surface area (Å²) in [7, 11) is 1.07. The standard InChI is InChI=1S/C15H9F3N4O3/c1-24-14(23)13-12(21)9(6-20)7-22(13)11-4-10(25-15(16,17)18)3-2-8(11)5-19/h2-4,7H,21H2,1H3. The minimum atomic E-state index is -4.94. The second-order valence-electron chi connectivity index (χ2n) is 4.62. The molecule has 0 fully saturated rings. The molecule has 2 aromatic rings. The van der Waals surface area contributed by atoms with Crippen LogP contribution in [0.3, 0.4) is 0 Å². The van der Waals surface area contributed by atoms with Gasteiger partial charge in [-0.05, 0) is 12.1 Å². The largest absolute Gasteiger partial charge is 0.573 e. The third kappa shape index (κ3) is 3.48. The number of hydrogen-bond donors (Lipinski definition) is 1. The van der Waals surface area contributed by atoms with Crippen molar-refractivity contribution in [2.24, 2.45) is 0 Å². The Labute approximate surface area is 139 Å². The zero-order valence-corrected chi connectivity index (χ0v) is 12.6. The number of hydrogen-bond acceptors (Lipinski definition) is 6. The maximum absolute atomic E-state index is 12.4. The summed E-state index contributed by atoms with van der Waals surface area (Å²) in [5.74, 6) is -1.53. The zero-order valence-electron chi connectivity index (χ0n) is 12.6. The number of rotatable bonds is 3. The molecule has 128 valence electrons. The summed E-state index contributed by atoms with van der Waals surface area (Å²) in [5, 5.41) is 18.2. The van der Waals surface area contributed by atoms with E-state index in [0.29, 0.717) is 0 Å². The molecule has 0 amide bonds. The van der Waals surface area contributed by atoms with Crippen LogP contribution >= 0.6 is 0 Å². The Bertz CT molecular complexity index is 920. The molecule has 0 atom stereocenters. The molecule has 1 aromatic heterocycles. The van der Waals surface area contributed by atoms with Crippen molar-refractivity contribution < 1.29 is 27.4 Å². The predicted molar refractivity (Wildman–Crippen MR) is 77.6 cm³/mol. The Hall–Kier alpha value is -3.66. The van der Waals surface area contributed by atoms with E-state index in [4.69, 9.17) is 11.0 Å². The molecular formula is C15H9F3N4O3. The fourth-order valence-corrected chi connectivity index (χ4v) is 2.11. The first-order valence-electron chi connectivity index (χ1n) is 6.51. The van der Waals surface area contributed by atoms with Crippen molar-refractivity contribution in [2.45, 2.75) is 6.36 Å². The van der Waals surface area contributed by atoms with E-state index in [1.807, 2.05) is 0 Å². The molecule has 25 heavy (non-hydrogen) atoms. The number of carbonyl (C=O) groups excluding carboxylic acids is 1. The summed E-state index contributed by atoms with van der Waals surface area (Å²) >= 11 is 0. The summed E-state index contributed by atoms with van der Waals surface area (Å²) in [6, 6.07) is 6.46. The van der Waals surface area contributed by atoms with Crippen LogP contribution in [0.25, 0.3) is 5.69 Å². The molecule has 0 aliphatic rings. The Balaban J connectivity index is 2.73. The average molecular weight is 350 g/mol. The minimum Gasteiger partial charge on any atom is -0.464 e. The number of anilines is 1. The van der Waals surface area contributed by atoms with Crippen LogP contribution in [0.4, 0.5) is 18.9 Å². The maximum Gasteiger partial charge on any atom is 0.573 e. The first-order chi connectivity index (χ1) is 11.7. The van der Waals surface area contributed by atoms with Crippen molar-refractivity contribution in [1.82, 2.24) is 4.57 Å². The van der Waals surface area contributed by atoms with E-state index in [0.717, 1.165) is 36.1 Å². The minimum absolute atomic E-state index is 0.0702. The highest BCUT2D eigenvalue weighted by molar-refractivity contribution is 5.96. The highest BCUT2D eigenvalue weighted by Gasteiger charge is 2.31. The van der Waals surface area contributed by atoms with Crippen LogP contribution in [-0.2, 0) is 4.74 Å². The number of benzene rings is 1. The number of aromatic nitrogens is 1. The topological polar surface area (TPSA) is 114 Å². The van der Waals surface area contributed by atoms with Crippen LogP contribution in [0, 0.1) is 22.7 Å². The zero-order chi connectivity index (χ0) is 18.8. The van der Waals surface area contributed by atoms with Gasteiger partial charge in [-0.15, -0.1) is 13.2 Å². The van der Waals surface area contributed by atoms with Gasteiger partial charge in [-0.3, -0.25) is 0 Å². The lowest BCUT2D eigenvalue weighted by atomic mass is 10.1. The van der Waals surface area contributed by atoms with Crippen molar-refractivity contribution in [3.05, 3.63) is 41.2 Å². The normalized spacial score (nSPS) is 10.6. The lowest BCUT2D eigenvalue weighted by molar-refractivity contribution is -0.274. The van der Waals surface area contributed by atoms with E-state index in [1.54, 1.807) is 12.1 Å². The number of nitriles is 2. The molecule has 7 nitrogen and oxygen atoms in total. The fourth-order valence-electron chi connectivity index (χ4n) is 2.11. The first-order valence-corrected chi connectivity index (χ1v) is 6.51. The fraction of sp³-hybridized carbons (Fsp3) is 0.133. The van der Waals surface area contributed by atoms with Gasteiger partial charge in [-0.1, -0.05) is 0 Å². The molecule has 0 saturated heterocycles. The number of ether oxygens (including phenoxy) is 2. The van der Waals surface area contributed by atoms with E-state index in [1.165, 1.54) is 0 Å². The summed E-state index contributed by atoms with van der Waals surface area (Å²) < 4.78 is 46.6. The molecule has 0 saturated carbocycles. The van der Waals surface area contributed by atoms with Crippen LogP contribution in [0.5, 0.6) is 5.75 Å². The summed E-state index contributed by atoms with van der Waals surface area (Å²) in [6.45, 7) is 0. The van der Waals surface area contributed by atoms with Gasteiger partial charge in [0.2, 0.25) is 0 Å². The average Bonchev–Trinajstić information content (AvgIpc) is 2.89. The van der Waals surface area contributed by atoms with Crippen molar-refractivity contribution in [1.29, 1.82) is 10.5 Å². The molecule has 0 aliphatic carbocycles. The monoisotopic (exact) mass is 350 g/mol. The number of carbonyl (C=O) groups is 1. The van der Waals surface area contributed by atoms with Gasteiger partial charge in [0, 0.05) is 12.3 Å². The van der Waals surface area contributed by atoms with Crippen LogP contribution in [0.1, 0.15) is 21.6 Å². The molecule has 0 bridgehead atoms. The Morgan fingerprint density at radius 2 is 1.88 bits per heavy atom. The Morgan fingerprint density at radius 1 is 1.24 bits per heavy atom. The lowest BCUT2D eigenvalue weighted by Gasteiger charge is -2.13. The van der Waals surface area contributed by atoms with Crippen LogP contribution in [0.15, 0.2) is 24.4 Å². The number of esters is 1. The Kier molecular flexibility index (Phi) is 4.57. The maximum atomic E-state index is 12.4. The van der Waals surface area contributed by atoms with Crippen molar-refractivity contribution in [3.63, 3.8) is 0 Å². The summed E-state index contributed by atoms with van der Waals surface area (Å²) in [5.41, 5.74) is 4.91. The highest BCUT2D eigenvalue weighted by Crippen LogP contribution is 2.30. The van der Waals surface area contributed by atoms with Crippen LogP contribution in [0.2, 0.25) is 0 Å². The van der Waals surface area contributed by atoms with E-state index < -0.39 is 18.1 Å². The van der Waals surface area contributed by atoms with Crippen molar-refractivity contribution in [2.75, 3.05) is 12.8 Å². The van der Waals surface area contributed by atoms with Gasteiger partial charge in [0.15, 0.2) is 5.69 Å². The third-order valence-electron chi connectivity index (χ3n) is 3.13. The SMILES string of the molecule is COC(=O)c1c(N)c(C#N)cn1-c1cc(OC(F)(F)F)ccc1C#N. The molecule has 0 radical (unpaired) electrons. The quantitative estimate of drug-likeness (QED) is 0.851. The number of nitrogens with two attached hydrogens (primary N) is 1. The summed E-state index contributed by atoms with van der Waals surface area (Å²) in [4.78, 5) is 11.9. The number of halogens is 3. The van der Waals surface area contributed by atoms with Crippen LogP contribution in [-0.4, -0.2) is 24.0 Å². The van der Waals surface area contributed by atoms with E-state index in [9.17, 15) is 23.2 Å². The molecule has 2 N–H and O–H groups in total. The molecule has 0 unspecified atom stereocenters. The summed E-state index contributed by atoms with van der Waals surface area (Å²) in [6.07, 6.45) is -3.82. The first kappa shape index (κ1) is 17.7. The van der Waals surface area contributed by atoms with Gasteiger partial charge in [0.25, 0.3) is 0 Å². The van der Waals surface area contributed by atoms with Crippen molar-refractivity contribution in [3.8, 4) is 23.6 Å². The van der Waals surface area contributed by atoms with Gasteiger partial charge < -0.3 is 19.8 Å². The lowest BCUT2D eigenvalue weighted by Crippen LogP contribution is -2.17. The highest BCUT2D eigenvalue weighted by atomic mass is 19.4. The Morgan fingerprint density at radius 3 is 2.40 bits per heavy atom. The molecule has 10 heteroatoms. The smallest absolute Gasteiger partial charge is 0.464 e. The number of alkyl halides is 3. The molecule has 0 aliphatic heterocycles. The second-order valence-corrected chi connectivity index (χ2v) is 4.62. The second kappa shape index (κ2) is 6.45. The van der Waals surface area contributed by atoms with Gasteiger partial charge in [-0.2, -0.15) is 10.5 Å². The number of nitrogens with zero attached hydrogens (tertiary/aromatic N) is 3. The molecular weight excluding hydrogens is 341 g/mol. The van der Waals surface area contributed by atoms with Gasteiger partial charge in [-0.25, -0.2) is 4.79 Å². The van der Waals surface area contributed by atoms with Gasteiger partial charge in [0.05, 0.1) is 29.6 Å². The van der Waals surface area contributed by atoms with E-state index >= 15 is 0 Å². The molecule has 0 spiro atoms. The van der Waals surface area contributed by atoms with Gasteiger partial charge in [0.1, 0.15) is 17.9 Å². The number of methoxy groups -OCH3 is 1. The molecule has 1 aromatic carbocycles.